The molecule has 5 nitrogen and oxygen atoms in total. The van der Waals surface area contributed by atoms with Gasteiger partial charge in [0.05, 0.1) is 0 Å². The first-order chi connectivity index (χ1) is 8.06. The average molecular weight is 234 g/mol. The maximum atomic E-state index is 11.3. The second-order valence-corrected chi connectivity index (χ2v) is 3.71. The first-order valence-electron chi connectivity index (χ1n) is 5.16. The summed E-state index contributed by atoms with van der Waals surface area (Å²) >= 11 is 0. The van der Waals surface area contributed by atoms with Gasteiger partial charge in [-0.2, -0.15) is 0 Å². The highest BCUT2D eigenvalue weighted by Gasteiger charge is 2.25. The minimum atomic E-state index is -0.893. The van der Waals surface area contributed by atoms with E-state index in [9.17, 15) is 14.4 Å². The normalized spacial score (nSPS) is 13.5. The van der Waals surface area contributed by atoms with E-state index < -0.39 is 17.9 Å². The van der Waals surface area contributed by atoms with Gasteiger partial charge in [-0.1, -0.05) is 37.3 Å². The third-order valence-corrected chi connectivity index (χ3v) is 2.54. The Morgan fingerprint density at radius 3 is 2.35 bits per heavy atom. The van der Waals surface area contributed by atoms with Gasteiger partial charge in [0.2, 0.25) is 12.2 Å². The number of carbonyl (C=O) groups excluding carboxylic acids is 3. The monoisotopic (exact) mass is 234 g/mol. The molecule has 0 aliphatic carbocycles. The van der Waals surface area contributed by atoms with Crippen molar-refractivity contribution in [3.05, 3.63) is 35.9 Å². The van der Waals surface area contributed by atoms with Crippen molar-refractivity contribution in [1.29, 1.82) is 0 Å². The van der Waals surface area contributed by atoms with E-state index in [1.165, 1.54) is 0 Å². The molecule has 1 aromatic rings. The Bertz CT molecular complexity index is 417. The Morgan fingerprint density at radius 1 is 1.29 bits per heavy atom. The number of hydrogen-bond acceptors (Lipinski definition) is 3. The van der Waals surface area contributed by atoms with E-state index in [0.717, 1.165) is 5.56 Å². The van der Waals surface area contributed by atoms with Gasteiger partial charge < -0.3 is 11.1 Å². The summed E-state index contributed by atoms with van der Waals surface area (Å²) in [4.78, 5) is 32.5. The van der Waals surface area contributed by atoms with Crippen molar-refractivity contribution >= 4 is 18.1 Å². The highest BCUT2D eigenvalue weighted by Crippen LogP contribution is 2.18. The van der Waals surface area contributed by atoms with Gasteiger partial charge in [0.15, 0.2) is 0 Å². The van der Waals surface area contributed by atoms with E-state index in [1.54, 1.807) is 6.92 Å². The molecule has 2 amide bonds. The molecule has 1 rings (SSSR count). The van der Waals surface area contributed by atoms with Crippen LogP contribution in [0.1, 0.15) is 18.4 Å². The summed E-state index contributed by atoms with van der Waals surface area (Å²) in [7, 11) is 0. The fourth-order valence-corrected chi connectivity index (χ4v) is 1.58. The Morgan fingerprint density at radius 2 is 1.88 bits per heavy atom. The van der Waals surface area contributed by atoms with Crippen LogP contribution in [0.25, 0.3) is 0 Å². The maximum absolute atomic E-state index is 11.3. The Kier molecular flexibility index (Phi) is 4.39. The van der Waals surface area contributed by atoms with Gasteiger partial charge in [-0.15, -0.1) is 0 Å². The van der Waals surface area contributed by atoms with Crippen LogP contribution in [-0.4, -0.2) is 24.1 Å². The van der Waals surface area contributed by atoms with Gasteiger partial charge in [0, 0.05) is 5.92 Å². The van der Waals surface area contributed by atoms with Crippen LogP contribution in [0.2, 0.25) is 0 Å². The lowest BCUT2D eigenvalue weighted by molar-refractivity contribution is -0.133. The molecule has 2 atom stereocenters. The molecule has 17 heavy (non-hydrogen) atoms. The number of primary amides is 1. The molecule has 1 aromatic carbocycles. The lowest BCUT2D eigenvalue weighted by Crippen LogP contribution is -2.47. The summed E-state index contributed by atoms with van der Waals surface area (Å²) in [6, 6.07) is 8.26. The molecule has 0 saturated carbocycles. The third-order valence-electron chi connectivity index (χ3n) is 2.54. The van der Waals surface area contributed by atoms with Crippen LogP contribution in [0, 0.1) is 0 Å². The lowest BCUT2D eigenvalue weighted by atomic mass is 9.93. The molecule has 90 valence electrons. The smallest absolute Gasteiger partial charge is 0.284 e. The van der Waals surface area contributed by atoms with Crippen molar-refractivity contribution in [3.8, 4) is 0 Å². The van der Waals surface area contributed by atoms with Crippen LogP contribution in [0.15, 0.2) is 30.3 Å². The molecule has 0 heterocycles. The third kappa shape index (κ3) is 3.41. The Labute approximate surface area is 99.0 Å². The summed E-state index contributed by atoms with van der Waals surface area (Å²) in [5, 5.41) is 2.28. The quantitative estimate of drug-likeness (QED) is 0.553. The standard InChI is InChI=1S/C12H14N2O3/c1-8(9-5-3-2-4-6-9)11(12(13)17)14-10(16)7-15/h2-8,11H,1H3,(H2,13,17)(H,14,16)/t8-,11?/m0/s1. The zero-order valence-electron chi connectivity index (χ0n) is 9.42. The van der Waals surface area contributed by atoms with Gasteiger partial charge >= 0.3 is 0 Å². The topological polar surface area (TPSA) is 89.3 Å². The van der Waals surface area contributed by atoms with Gasteiger partial charge in [0.25, 0.3) is 5.91 Å². The van der Waals surface area contributed by atoms with Crippen LogP contribution < -0.4 is 11.1 Å². The van der Waals surface area contributed by atoms with Crippen LogP contribution in [-0.2, 0) is 14.4 Å². The molecule has 0 radical (unpaired) electrons. The number of benzene rings is 1. The van der Waals surface area contributed by atoms with E-state index in [2.05, 4.69) is 5.32 Å². The fraction of sp³-hybridized carbons (Fsp3) is 0.250. The van der Waals surface area contributed by atoms with Crippen LogP contribution in [0.4, 0.5) is 0 Å². The van der Waals surface area contributed by atoms with Crippen LogP contribution >= 0.6 is 0 Å². The molecule has 0 bridgehead atoms. The summed E-state index contributed by atoms with van der Waals surface area (Å²) in [6.45, 7) is 1.76. The molecule has 0 fully saturated rings. The highest BCUT2D eigenvalue weighted by atomic mass is 16.2. The number of carbonyl (C=O) groups is 3. The molecule has 0 spiro atoms. The first kappa shape index (κ1) is 12.9. The van der Waals surface area contributed by atoms with Crippen molar-refractivity contribution in [2.24, 2.45) is 5.73 Å². The number of rotatable bonds is 5. The number of nitrogens with two attached hydrogens (primary N) is 1. The predicted molar refractivity (Wildman–Crippen MR) is 62.0 cm³/mol. The zero-order valence-corrected chi connectivity index (χ0v) is 9.42. The molecule has 0 aliphatic heterocycles. The fourth-order valence-electron chi connectivity index (χ4n) is 1.58. The molecular formula is C12H14N2O3. The summed E-state index contributed by atoms with van der Waals surface area (Å²) in [5.74, 6) is -1.81. The second kappa shape index (κ2) is 5.79. The van der Waals surface area contributed by atoms with Crippen molar-refractivity contribution in [1.82, 2.24) is 5.32 Å². The van der Waals surface area contributed by atoms with Crippen molar-refractivity contribution < 1.29 is 14.4 Å². The summed E-state index contributed by atoms with van der Waals surface area (Å²) in [6.07, 6.45) is 0.119. The minimum absolute atomic E-state index is 0.119. The SMILES string of the molecule is C[C@@H](c1ccccc1)C(NC(=O)C=O)C(N)=O. The van der Waals surface area contributed by atoms with Crippen molar-refractivity contribution in [3.63, 3.8) is 0 Å². The maximum Gasteiger partial charge on any atom is 0.284 e. The number of aldehydes is 1. The number of amides is 2. The van der Waals surface area contributed by atoms with Crippen LogP contribution in [0.3, 0.4) is 0 Å². The first-order valence-corrected chi connectivity index (χ1v) is 5.16. The molecule has 0 aliphatic rings. The van der Waals surface area contributed by atoms with Gasteiger partial charge in [0.1, 0.15) is 6.04 Å². The van der Waals surface area contributed by atoms with E-state index in [1.807, 2.05) is 30.3 Å². The minimum Gasteiger partial charge on any atom is -0.368 e. The van der Waals surface area contributed by atoms with E-state index in [4.69, 9.17) is 5.73 Å². The molecule has 5 heteroatoms. The molecular weight excluding hydrogens is 220 g/mol. The highest BCUT2D eigenvalue weighted by molar-refractivity contribution is 6.24. The Hall–Kier alpha value is -2.17. The van der Waals surface area contributed by atoms with Gasteiger partial charge in [-0.05, 0) is 5.56 Å². The second-order valence-electron chi connectivity index (χ2n) is 3.71. The van der Waals surface area contributed by atoms with Gasteiger partial charge in [-0.25, -0.2) is 0 Å². The largest absolute Gasteiger partial charge is 0.368 e. The van der Waals surface area contributed by atoms with Gasteiger partial charge in [-0.3, -0.25) is 14.4 Å². The lowest BCUT2D eigenvalue weighted by Gasteiger charge is -2.21. The molecule has 1 unspecified atom stereocenters. The van der Waals surface area contributed by atoms with E-state index in [-0.39, 0.29) is 12.2 Å². The molecule has 0 saturated heterocycles. The zero-order chi connectivity index (χ0) is 12.8. The Balaban J connectivity index is 2.88. The predicted octanol–water partition coefficient (Wildman–Crippen LogP) is -0.0409. The summed E-state index contributed by atoms with van der Waals surface area (Å²) < 4.78 is 0. The van der Waals surface area contributed by atoms with E-state index >= 15 is 0 Å². The van der Waals surface area contributed by atoms with Crippen molar-refractivity contribution in [2.75, 3.05) is 0 Å². The van der Waals surface area contributed by atoms with Crippen molar-refractivity contribution in [2.45, 2.75) is 18.9 Å². The number of nitrogens with one attached hydrogen (secondary N) is 1. The van der Waals surface area contributed by atoms with Crippen LogP contribution in [0.5, 0.6) is 0 Å². The molecule has 3 N–H and O–H groups in total. The number of hydrogen-bond donors (Lipinski definition) is 2. The molecule has 0 aromatic heterocycles. The summed E-state index contributed by atoms with van der Waals surface area (Å²) in [5.41, 5.74) is 6.07. The van der Waals surface area contributed by atoms with E-state index in [0.29, 0.717) is 0 Å². The average Bonchev–Trinajstić information content (AvgIpc) is 2.35.